The number of esters is 3. The lowest BCUT2D eigenvalue weighted by molar-refractivity contribution is -0.166. The van der Waals surface area contributed by atoms with Gasteiger partial charge in [-0.3, -0.25) is 14.4 Å². The molecule has 0 saturated carbocycles. The predicted molar refractivity (Wildman–Crippen MR) is 269 cm³/mol. The molecule has 0 aliphatic rings. The number of unbranched alkanes of at least 4 members (excludes halogenated alkanes) is 14. The van der Waals surface area contributed by atoms with E-state index in [2.05, 4.69) is 130 Å². The second-order valence-electron chi connectivity index (χ2n) is 16.0. The summed E-state index contributed by atoms with van der Waals surface area (Å²) >= 11 is 0. The molecule has 0 fully saturated rings. The van der Waals surface area contributed by atoms with E-state index in [-0.39, 0.29) is 44.0 Å². The van der Waals surface area contributed by atoms with Crippen molar-refractivity contribution in [3.8, 4) is 0 Å². The molecule has 0 rings (SSSR count). The fraction of sp³-hybridized carbons (Fsp3) is 0.596. The van der Waals surface area contributed by atoms with Crippen LogP contribution in [0.1, 0.15) is 201 Å². The van der Waals surface area contributed by atoms with E-state index in [0.29, 0.717) is 12.8 Å². The average Bonchev–Trinajstić information content (AvgIpc) is 3.28. The van der Waals surface area contributed by atoms with Crippen LogP contribution in [0.2, 0.25) is 0 Å². The van der Waals surface area contributed by atoms with Gasteiger partial charge in [-0.2, -0.15) is 0 Å². The monoisotopic (exact) mass is 871 g/mol. The number of carbonyl (C=O) groups excluding carboxylic acids is 3. The molecule has 0 spiro atoms. The third-order valence-electron chi connectivity index (χ3n) is 9.99. The topological polar surface area (TPSA) is 78.9 Å². The quantitative estimate of drug-likeness (QED) is 0.0200. The van der Waals surface area contributed by atoms with Gasteiger partial charge in [0.25, 0.3) is 0 Å². The van der Waals surface area contributed by atoms with Crippen molar-refractivity contribution in [1.82, 2.24) is 0 Å². The lowest BCUT2D eigenvalue weighted by Gasteiger charge is -2.18. The first-order valence-electron chi connectivity index (χ1n) is 25.1. The Kier molecular flexibility index (Phi) is 47.1. The number of carbonyl (C=O) groups is 3. The Labute approximate surface area is 386 Å². The highest BCUT2D eigenvalue weighted by Gasteiger charge is 2.19. The molecule has 0 aliphatic carbocycles. The minimum absolute atomic E-state index is 0.124. The van der Waals surface area contributed by atoms with Crippen LogP contribution in [-0.4, -0.2) is 37.2 Å². The Morgan fingerprint density at radius 1 is 0.349 bits per heavy atom. The van der Waals surface area contributed by atoms with Gasteiger partial charge in [-0.05, 0) is 103 Å². The molecule has 1 atom stereocenters. The predicted octanol–water partition coefficient (Wildman–Crippen LogP) is 16.5. The lowest BCUT2D eigenvalue weighted by atomic mass is 10.1. The highest BCUT2D eigenvalue weighted by molar-refractivity contribution is 5.71. The smallest absolute Gasteiger partial charge is 0.306 e. The van der Waals surface area contributed by atoms with E-state index in [1.807, 2.05) is 12.2 Å². The molecule has 0 aliphatic heterocycles. The van der Waals surface area contributed by atoms with E-state index in [9.17, 15) is 14.4 Å². The van der Waals surface area contributed by atoms with E-state index in [4.69, 9.17) is 14.2 Å². The number of hydrogen-bond acceptors (Lipinski definition) is 6. The van der Waals surface area contributed by atoms with Crippen molar-refractivity contribution in [1.29, 1.82) is 0 Å². The zero-order chi connectivity index (χ0) is 45.8. The van der Waals surface area contributed by atoms with Gasteiger partial charge in [0, 0.05) is 19.3 Å². The minimum atomic E-state index is -0.828. The van der Waals surface area contributed by atoms with Gasteiger partial charge in [0.2, 0.25) is 0 Å². The van der Waals surface area contributed by atoms with Crippen LogP contribution in [0, 0.1) is 0 Å². The summed E-state index contributed by atoms with van der Waals surface area (Å²) in [5.74, 6) is -1.06. The Morgan fingerprint density at radius 3 is 1.19 bits per heavy atom. The molecule has 0 aromatic rings. The van der Waals surface area contributed by atoms with Gasteiger partial charge < -0.3 is 14.2 Å². The third-order valence-corrected chi connectivity index (χ3v) is 9.99. The molecule has 0 aromatic heterocycles. The van der Waals surface area contributed by atoms with Crippen molar-refractivity contribution in [3.63, 3.8) is 0 Å². The number of ether oxygens (including phenoxy) is 3. The molecule has 0 amide bonds. The normalized spacial score (nSPS) is 13.1. The minimum Gasteiger partial charge on any atom is -0.462 e. The first kappa shape index (κ1) is 58.8. The molecular formula is C57H90O6. The van der Waals surface area contributed by atoms with E-state index in [1.54, 1.807) is 0 Å². The van der Waals surface area contributed by atoms with Crippen LogP contribution in [0.5, 0.6) is 0 Å². The van der Waals surface area contributed by atoms with Gasteiger partial charge in [-0.1, -0.05) is 200 Å². The fourth-order valence-corrected chi connectivity index (χ4v) is 6.20. The number of hydrogen-bond donors (Lipinski definition) is 0. The van der Waals surface area contributed by atoms with Crippen molar-refractivity contribution in [3.05, 3.63) is 122 Å². The highest BCUT2D eigenvalue weighted by Crippen LogP contribution is 2.12. The van der Waals surface area contributed by atoms with Gasteiger partial charge in [0.05, 0.1) is 0 Å². The maximum atomic E-state index is 12.8. The molecule has 0 saturated heterocycles. The Morgan fingerprint density at radius 2 is 0.714 bits per heavy atom. The summed E-state index contributed by atoms with van der Waals surface area (Å²) < 4.78 is 16.7. The van der Waals surface area contributed by atoms with E-state index < -0.39 is 6.10 Å². The van der Waals surface area contributed by atoms with Crippen molar-refractivity contribution < 1.29 is 28.6 Å². The Bertz CT molecular complexity index is 1370. The second kappa shape index (κ2) is 50.5. The largest absolute Gasteiger partial charge is 0.462 e. The number of rotatable bonds is 43. The molecular weight excluding hydrogens is 781 g/mol. The standard InChI is InChI=1S/C57H90O6/c1-4-7-10-13-16-19-22-24-26-27-28-29-31-32-35-38-41-44-47-50-56(59)62-53-54(52-61-55(58)49-46-43-40-37-34-21-18-15-12-9-6-3)63-57(60)51-48-45-42-39-36-33-30-25-23-20-17-14-11-8-5-2/h7,10,15-21,23-26,28-29,32,34-35,41,44,54H,4-6,8-9,11-14,22,27,30-31,33,36-40,42-43,45-53H2,1-3H3/b10-7-,18-15-,19-16-,20-17-,25-23-,26-24-,29-28-,34-21-,35-32-,44-41-. The van der Waals surface area contributed by atoms with Crippen LogP contribution in [0.4, 0.5) is 0 Å². The summed E-state index contributed by atoms with van der Waals surface area (Å²) in [6.45, 7) is 6.31. The summed E-state index contributed by atoms with van der Waals surface area (Å²) in [6, 6.07) is 0. The Hall–Kier alpha value is -4.19. The number of allylic oxidation sites excluding steroid dienone is 20. The van der Waals surface area contributed by atoms with Gasteiger partial charge in [0.1, 0.15) is 13.2 Å². The summed E-state index contributed by atoms with van der Waals surface area (Å²) in [4.78, 5) is 37.9. The highest BCUT2D eigenvalue weighted by atomic mass is 16.6. The second-order valence-corrected chi connectivity index (χ2v) is 16.0. The summed E-state index contributed by atoms with van der Waals surface area (Å²) in [5.41, 5.74) is 0. The van der Waals surface area contributed by atoms with Crippen LogP contribution in [-0.2, 0) is 28.6 Å². The third kappa shape index (κ3) is 48.7. The first-order valence-corrected chi connectivity index (χ1v) is 25.1. The van der Waals surface area contributed by atoms with Crippen LogP contribution in [0.15, 0.2) is 122 Å². The van der Waals surface area contributed by atoms with Crippen molar-refractivity contribution in [2.24, 2.45) is 0 Å². The molecule has 0 heterocycles. The molecule has 1 unspecified atom stereocenters. The van der Waals surface area contributed by atoms with Crippen LogP contribution < -0.4 is 0 Å². The molecule has 354 valence electrons. The zero-order valence-electron chi connectivity index (χ0n) is 40.3. The van der Waals surface area contributed by atoms with E-state index in [0.717, 1.165) is 109 Å². The molecule has 63 heavy (non-hydrogen) atoms. The van der Waals surface area contributed by atoms with Crippen LogP contribution in [0.25, 0.3) is 0 Å². The maximum Gasteiger partial charge on any atom is 0.306 e. The molecule has 0 N–H and O–H groups in total. The molecule has 0 bridgehead atoms. The van der Waals surface area contributed by atoms with E-state index in [1.165, 1.54) is 44.9 Å². The summed E-state index contributed by atoms with van der Waals surface area (Å²) in [7, 11) is 0. The van der Waals surface area contributed by atoms with Crippen molar-refractivity contribution in [2.45, 2.75) is 207 Å². The van der Waals surface area contributed by atoms with E-state index >= 15 is 0 Å². The zero-order valence-corrected chi connectivity index (χ0v) is 40.3. The molecule has 6 heteroatoms. The average molecular weight is 871 g/mol. The molecule has 0 radical (unpaired) electrons. The lowest BCUT2D eigenvalue weighted by Crippen LogP contribution is -2.30. The van der Waals surface area contributed by atoms with Gasteiger partial charge in [0.15, 0.2) is 6.10 Å². The summed E-state index contributed by atoms with van der Waals surface area (Å²) in [6.07, 6.45) is 69.1. The molecule has 6 nitrogen and oxygen atoms in total. The van der Waals surface area contributed by atoms with Gasteiger partial charge >= 0.3 is 17.9 Å². The van der Waals surface area contributed by atoms with Gasteiger partial charge in [-0.25, -0.2) is 0 Å². The maximum absolute atomic E-state index is 12.8. The Balaban J connectivity index is 4.56. The summed E-state index contributed by atoms with van der Waals surface area (Å²) in [5, 5.41) is 0. The van der Waals surface area contributed by atoms with Gasteiger partial charge in [-0.15, -0.1) is 0 Å². The van der Waals surface area contributed by atoms with Crippen LogP contribution >= 0.6 is 0 Å². The molecule has 0 aromatic carbocycles. The van der Waals surface area contributed by atoms with Crippen LogP contribution in [0.3, 0.4) is 0 Å². The van der Waals surface area contributed by atoms with Crippen molar-refractivity contribution in [2.75, 3.05) is 13.2 Å². The SMILES string of the molecule is CC/C=C\C/C=C\C/C=C\C/C=C\C/C=C\C/C=C\CCC(=O)OCC(COC(=O)CCCCC/C=C\C=C/CCCC)OC(=O)CCCCCCCC/C=C\C=C/CCCCC. The fourth-order valence-electron chi connectivity index (χ4n) is 6.20. The first-order chi connectivity index (χ1) is 31.0. The van der Waals surface area contributed by atoms with Crippen molar-refractivity contribution >= 4 is 17.9 Å².